The molecule has 0 spiro atoms. The molecule has 1 aliphatic heterocycles. The van der Waals surface area contributed by atoms with Crippen molar-refractivity contribution in [3.05, 3.63) is 71.3 Å². The molecule has 0 aromatic heterocycles. The fourth-order valence-corrected chi connectivity index (χ4v) is 4.76. The number of carbonyl (C=O) groups excluding carboxylic acids is 1. The predicted octanol–water partition coefficient (Wildman–Crippen LogP) is 5.40. The number of hydrogen-bond acceptors (Lipinski definition) is 3. The standard InChI is InChI=1S/C26H36N2OS/c1-26(2,3)30-18-15-27-25(29)24-11-9-23(10-12-24)20-28-16-13-22(14-17-28)19-21-7-5-4-6-8-21/h4-12,22H,13-20H2,1-3H3,(H,27,29). The van der Waals surface area contributed by atoms with Crippen molar-refractivity contribution in [1.29, 1.82) is 0 Å². The maximum absolute atomic E-state index is 12.3. The summed E-state index contributed by atoms with van der Waals surface area (Å²) in [6.07, 6.45) is 3.73. The van der Waals surface area contributed by atoms with Gasteiger partial charge >= 0.3 is 0 Å². The van der Waals surface area contributed by atoms with E-state index in [9.17, 15) is 4.79 Å². The number of nitrogens with one attached hydrogen (secondary N) is 1. The van der Waals surface area contributed by atoms with Crippen LogP contribution in [-0.2, 0) is 13.0 Å². The van der Waals surface area contributed by atoms with E-state index in [0.717, 1.165) is 36.9 Å². The molecular formula is C26H36N2OS. The first-order valence-corrected chi connectivity index (χ1v) is 12.1. The zero-order valence-electron chi connectivity index (χ0n) is 18.7. The average molecular weight is 425 g/mol. The number of nitrogens with zero attached hydrogens (tertiary/aromatic N) is 1. The summed E-state index contributed by atoms with van der Waals surface area (Å²) in [6.45, 7) is 10.6. The lowest BCUT2D eigenvalue weighted by molar-refractivity contribution is 0.0956. The van der Waals surface area contributed by atoms with Gasteiger partial charge in [-0.05, 0) is 61.5 Å². The Hall–Kier alpha value is -1.78. The second-order valence-electron chi connectivity index (χ2n) is 9.32. The molecule has 1 heterocycles. The normalized spacial score (nSPS) is 15.8. The number of likely N-dealkylation sites (tertiary alicyclic amines) is 1. The van der Waals surface area contributed by atoms with Crippen molar-refractivity contribution < 1.29 is 4.79 Å². The quantitative estimate of drug-likeness (QED) is 0.576. The van der Waals surface area contributed by atoms with Gasteiger partial charge in [0.25, 0.3) is 5.91 Å². The number of piperidine rings is 1. The zero-order chi connectivity index (χ0) is 21.4. The number of benzene rings is 2. The third kappa shape index (κ3) is 7.81. The van der Waals surface area contributed by atoms with Gasteiger partial charge in [0.2, 0.25) is 0 Å². The second kappa shape index (κ2) is 11.0. The van der Waals surface area contributed by atoms with Crippen LogP contribution >= 0.6 is 11.8 Å². The minimum absolute atomic E-state index is 0.0257. The number of rotatable bonds is 8. The molecule has 1 fully saturated rings. The molecule has 3 rings (SSSR count). The molecule has 0 atom stereocenters. The molecule has 4 heteroatoms. The van der Waals surface area contributed by atoms with E-state index in [0.29, 0.717) is 6.54 Å². The Morgan fingerprint density at radius 3 is 2.30 bits per heavy atom. The van der Waals surface area contributed by atoms with Gasteiger partial charge in [0.15, 0.2) is 0 Å². The van der Waals surface area contributed by atoms with Gasteiger partial charge in [-0.3, -0.25) is 9.69 Å². The molecule has 0 unspecified atom stereocenters. The Kier molecular flexibility index (Phi) is 8.41. The zero-order valence-corrected chi connectivity index (χ0v) is 19.5. The molecule has 0 aliphatic carbocycles. The SMILES string of the molecule is CC(C)(C)SCCNC(=O)c1ccc(CN2CCC(Cc3ccccc3)CC2)cc1. The van der Waals surface area contributed by atoms with Gasteiger partial charge in [0.1, 0.15) is 0 Å². The fraction of sp³-hybridized carbons (Fsp3) is 0.500. The molecule has 1 aliphatic rings. The molecule has 2 aromatic rings. The maximum Gasteiger partial charge on any atom is 0.251 e. The monoisotopic (exact) mass is 424 g/mol. The summed E-state index contributed by atoms with van der Waals surface area (Å²) in [4.78, 5) is 14.9. The molecule has 0 saturated carbocycles. The summed E-state index contributed by atoms with van der Waals surface area (Å²) in [5.74, 6) is 1.76. The van der Waals surface area contributed by atoms with Crippen LogP contribution in [0.4, 0.5) is 0 Å². The maximum atomic E-state index is 12.3. The summed E-state index contributed by atoms with van der Waals surface area (Å²) >= 11 is 1.87. The summed E-state index contributed by atoms with van der Waals surface area (Å²) < 4.78 is 0.238. The Bertz CT molecular complexity index is 775. The van der Waals surface area contributed by atoms with Crippen LogP contribution in [0.5, 0.6) is 0 Å². The van der Waals surface area contributed by atoms with Gasteiger partial charge in [-0.2, -0.15) is 11.8 Å². The molecule has 0 bridgehead atoms. The minimum atomic E-state index is 0.0257. The number of thioether (sulfide) groups is 1. The van der Waals surface area contributed by atoms with Gasteiger partial charge in [-0.15, -0.1) is 0 Å². The molecule has 1 N–H and O–H groups in total. The van der Waals surface area contributed by atoms with Crippen LogP contribution in [0.15, 0.2) is 54.6 Å². The number of amides is 1. The van der Waals surface area contributed by atoms with E-state index in [-0.39, 0.29) is 10.7 Å². The first-order chi connectivity index (χ1) is 14.4. The van der Waals surface area contributed by atoms with E-state index in [1.807, 2.05) is 23.9 Å². The van der Waals surface area contributed by atoms with E-state index in [1.54, 1.807) is 0 Å². The molecule has 162 valence electrons. The predicted molar refractivity (Wildman–Crippen MR) is 129 cm³/mol. The highest BCUT2D eigenvalue weighted by molar-refractivity contribution is 8.00. The van der Waals surface area contributed by atoms with Gasteiger partial charge in [-0.1, -0.05) is 63.2 Å². The summed E-state index contributed by atoms with van der Waals surface area (Å²) in [6, 6.07) is 19.0. The van der Waals surface area contributed by atoms with E-state index >= 15 is 0 Å². The van der Waals surface area contributed by atoms with Crippen molar-refractivity contribution in [2.45, 2.75) is 51.3 Å². The Labute approximate surface area is 186 Å². The second-order valence-corrected chi connectivity index (χ2v) is 11.2. The fourth-order valence-electron chi connectivity index (χ4n) is 3.94. The summed E-state index contributed by atoms with van der Waals surface area (Å²) in [5, 5.41) is 3.03. The molecule has 30 heavy (non-hydrogen) atoms. The minimum Gasteiger partial charge on any atom is -0.351 e. The Morgan fingerprint density at radius 1 is 1.00 bits per heavy atom. The lowest BCUT2D eigenvalue weighted by atomic mass is 9.90. The summed E-state index contributed by atoms with van der Waals surface area (Å²) in [5.41, 5.74) is 3.50. The van der Waals surface area contributed by atoms with Crippen molar-refractivity contribution in [1.82, 2.24) is 10.2 Å². The van der Waals surface area contributed by atoms with Crippen molar-refractivity contribution in [2.24, 2.45) is 5.92 Å². The largest absolute Gasteiger partial charge is 0.351 e. The highest BCUT2D eigenvalue weighted by Gasteiger charge is 2.19. The molecule has 1 amide bonds. The molecule has 3 nitrogen and oxygen atoms in total. The van der Waals surface area contributed by atoms with Crippen LogP contribution < -0.4 is 5.32 Å². The highest BCUT2D eigenvalue weighted by atomic mass is 32.2. The molecule has 2 aromatic carbocycles. The topological polar surface area (TPSA) is 32.3 Å². The summed E-state index contributed by atoms with van der Waals surface area (Å²) in [7, 11) is 0. The van der Waals surface area contributed by atoms with E-state index in [2.05, 4.69) is 73.5 Å². The third-order valence-electron chi connectivity index (χ3n) is 5.62. The van der Waals surface area contributed by atoms with Crippen LogP contribution in [-0.4, -0.2) is 40.9 Å². The van der Waals surface area contributed by atoms with Crippen molar-refractivity contribution >= 4 is 17.7 Å². The van der Waals surface area contributed by atoms with Gasteiger partial charge in [0, 0.05) is 29.2 Å². The lowest BCUT2D eigenvalue weighted by Crippen LogP contribution is -2.33. The first kappa shape index (κ1) is 22.9. The van der Waals surface area contributed by atoms with Crippen molar-refractivity contribution in [3.63, 3.8) is 0 Å². The highest BCUT2D eigenvalue weighted by Crippen LogP contribution is 2.23. The number of hydrogen-bond donors (Lipinski definition) is 1. The van der Waals surface area contributed by atoms with Crippen molar-refractivity contribution in [3.8, 4) is 0 Å². The van der Waals surface area contributed by atoms with Gasteiger partial charge in [0.05, 0.1) is 0 Å². The average Bonchev–Trinajstić information content (AvgIpc) is 2.73. The van der Waals surface area contributed by atoms with Crippen molar-refractivity contribution in [2.75, 3.05) is 25.4 Å². The third-order valence-corrected chi connectivity index (χ3v) is 6.89. The Morgan fingerprint density at radius 2 is 1.67 bits per heavy atom. The molecule has 0 radical (unpaired) electrons. The molecular weight excluding hydrogens is 388 g/mol. The van der Waals surface area contributed by atoms with Crippen LogP contribution in [0.25, 0.3) is 0 Å². The van der Waals surface area contributed by atoms with Gasteiger partial charge < -0.3 is 5.32 Å². The first-order valence-electron chi connectivity index (χ1n) is 11.2. The lowest BCUT2D eigenvalue weighted by Gasteiger charge is -2.32. The van der Waals surface area contributed by atoms with E-state index < -0.39 is 0 Å². The van der Waals surface area contributed by atoms with Gasteiger partial charge in [-0.25, -0.2) is 0 Å². The van der Waals surface area contributed by atoms with E-state index in [4.69, 9.17) is 0 Å². The van der Waals surface area contributed by atoms with Crippen LogP contribution in [0.1, 0.15) is 55.1 Å². The Balaban J connectivity index is 1.39. The van der Waals surface area contributed by atoms with Crippen LogP contribution in [0, 0.1) is 5.92 Å². The van der Waals surface area contributed by atoms with Crippen LogP contribution in [0.2, 0.25) is 0 Å². The van der Waals surface area contributed by atoms with E-state index in [1.165, 1.54) is 30.4 Å². The number of carbonyl (C=O) groups is 1. The molecule has 1 saturated heterocycles. The smallest absolute Gasteiger partial charge is 0.251 e. The van der Waals surface area contributed by atoms with Crippen LogP contribution in [0.3, 0.4) is 0 Å².